The fraction of sp³-hybridized carbons (Fsp3) is 0.0769. The lowest BCUT2D eigenvalue weighted by molar-refractivity contribution is 0.275. The van der Waals surface area contributed by atoms with E-state index in [1.807, 2.05) is 18.2 Å². The van der Waals surface area contributed by atoms with Gasteiger partial charge in [0.05, 0.1) is 12.6 Å². The van der Waals surface area contributed by atoms with Crippen LogP contribution < -0.4 is 4.74 Å². The van der Waals surface area contributed by atoms with Crippen LogP contribution in [0.1, 0.15) is 0 Å². The van der Waals surface area contributed by atoms with E-state index in [2.05, 4.69) is 29.2 Å². The van der Waals surface area contributed by atoms with E-state index in [1.165, 1.54) is 10.8 Å². The van der Waals surface area contributed by atoms with Crippen molar-refractivity contribution in [2.24, 2.45) is 0 Å². The second-order valence-electron chi connectivity index (χ2n) is 4.07. The predicted molar refractivity (Wildman–Crippen MR) is 76.6 cm³/mol. The van der Waals surface area contributed by atoms with Crippen LogP contribution in [0, 0.1) is 0 Å². The van der Waals surface area contributed by atoms with E-state index in [-0.39, 0.29) is 0 Å². The number of phosphoric acid groups is 1. The van der Waals surface area contributed by atoms with Crippen LogP contribution in [0.25, 0.3) is 21.8 Å². The van der Waals surface area contributed by atoms with Crippen LogP contribution in [-0.4, -0.2) is 26.8 Å². The van der Waals surface area contributed by atoms with Crippen LogP contribution >= 0.6 is 7.82 Å². The van der Waals surface area contributed by atoms with Crippen molar-refractivity contribution in [3.8, 4) is 5.75 Å². The van der Waals surface area contributed by atoms with Crippen molar-refractivity contribution in [2.75, 3.05) is 7.11 Å². The van der Waals surface area contributed by atoms with Gasteiger partial charge >= 0.3 is 7.82 Å². The molecule has 3 aromatic rings. The Morgan fingerprint density at radius 3 is 2.25 bits per heavy atom. The maximum Gasteiger partial charge on any atom is 0.466 e. The number of para-hydroxylation sites is 2. The summed E-state index contributed by atoms with van der Waals surface area (Å²) in [6, 6.07) is 14.4. The summed E-state index contributed by atoms with van der Waals surface area (Å²) >= 11 is 0. The molecule has 3 rings (SSSR count). The topological polar surface area (TPSA) is 103 Å². The van der Waals surface area contributed by atoms with E-state index >= 15 is 0 Å². The van der Waals surface area contributed by atoms with Gasteiger partial charge in [-0.2, -0.15) is 0 Å². The minimum atomic E-state index is -4.64. The Morgan fingerprint density at radius 1 is 1.00 bits per heavy atom. The molecule has 0 bridgehead atoms. The minimum Gasteiger partial charge on any atom is -0.495 e. The Hall–Kier alpha value is -1.85. The van der Waals surface area contributed by atoms with Gasteiger partial charge in [-0.1, -0.05) is 30.3 Å². The first-order valence-corrected chi connectivity index (χ1v) is 7.28. The third-order valence-corrected chi connectivity index (χ3v) is 2.72. The number of methoxy groups -OCH3 is 1. The maximum absolute atomic E-state index is 8.88. The monoisotopic (exact) mass is 295 g/mol. The molecule has 0 saturated carbocycles. The zero-order chi connectivity index (χ0) is 14.8. The molecule has 0 saturated heterocycles. The Kier molecular flexibility index (Phi) is 4.11. The highest BCUT2D eigenvalue weighted by molar-refractivity contribution is 7.45. The second-order valence-corrected chi connectivity index (χ2v) is 5.09. The number of ether oxygens (including phenoxy) is 1. The molecule has 0 atom stereocenters. The Labute approximate surface area is 114 Å². The molecule has 106 valence electrons. The van der Waals surface area contributed by atoms with Gasteiger partial charge in [0, 0.05) is 16.3 Å². The van der Waals surface area contributed by atoms with E-state index in [4.69, 9.17) is 24.0 Å². The lowest BCUT2D eigenvalue weighted by Crippen LogP contribution is -1.82. The average molecular weight is 295 g/mol. The SMILES string of the molecule is COc1cccc2c1[nH]c1ccccc12.O=P(O)(O)O. The summed E-state index contributed by atoms with van der Waals surface area (Å²) in [6.45, 7) is 0. The minimum absolute atomic E-state index is 0.892. The van der Waals surface area contributed by atoms with Crippen LogP contribution in [-0.2, 0) is 4.57 Å². The van der Waals surface area contributed by atoms with E-state index in [0.717, 1.165) is 16.8 Å². The number of nitrogens with one attached hydrogen (secondary N) is 1. The molecule has 0 unspecified atom stereocenters. The molecule has 0 aliphatic heterocycles. The molecule has 2 aromatic carbocycles. The quantitative estimate of drug-likeness (QED) is 0.516. The summed E-state index contributed by atoms with van der Waals surface area (Å²) in [5, 5.41) is 2.45. The van der Waals surface area contributed by atoms with Crippen LogP contribution in [0.5, 0.6) is 5.75 Å². The number of aromatic amines is 1. The third-order valence-electron chi connectivity index (χ3n) is 2.72. The van der Waals surface area contributed by atoms with Gasteiger partial charge in [-0.25, -0.2) is 4.57 Å². The molecule has 0 amide bonds. The van der Waals surface area contributed by atoms with Gasteiger partial charge in [-0.05, 0) is 12.1 Å². The van der Waals surface area contributed by atoms with Gasteiger partial charge in [0.2, 0.25) is 0 Å². The number of benzene rings is 2. The van der Waals surface area contributed by atoms with Crippen molar-refractivity contribution in [1.82, 2.24) is 4.98 Å². The largest absolute Gasteiger partial charge is 0.495 e. The first-order valence-electron chi connectivity index (χ1n) is 5.72. The molecule has 0 fully saturated rings. The summed E-state index contributed by atoms with van der Waals surface area (Å²) < 4.78 is 14.2. The Morgan fingerprint density at radius 2 is 1.60 bits per heavy atom. The summed E-state index contributed by atoms with van der Waals surface area (Å²) in [7, 11) is -2.94. The highest BCUT2D eigenvalue weighted by Gasteiger charge is 2.06. The van der Waals surface area contributed by atoms with E-state index in [0.29, 0.717) is 0 Å². The number of rotatable bonds is 1. The van der Waals surface area contributed by atoms with E-state index in [9.17, 15) is 0 Å². The fourth-order valence-electron chi connectivity index (χ4n) is 2.02. The number of hydrogen-bond acceptors (Lipinski definition) is 2. The number of fused-ring (bicyclic) bond motifs is 3. The van der Waals surface area contributed by atoms with Gasteiger partial charge in [-0.15, -0.1) is 0 Å². The Bertz CT molecular complexity index is 768. The van der Waals surface area contributed by atoms with E-state index < -0.39 is 7.82 Å². The fourth-order valence-corrected chi connectivity index (χ4v) is 2.02. The van der Waals surface area contributed by atoms with Crippen molar-refractivity contribution in [3.05, 3.63) is 42.5 Å². The van der Waals surface area contributed by atoms with Crippen molar-refractivity contribution in [2.45, 2.75) is 0 Å². The lowest BCUT2D eigenvalue weighted by Gasteiger charge is -1.99. The molecule has 1 aromatic heterocycles. The molecule has 0 spiro atoms. The molecule has 4 N–H and O–H groups in total. The standard InChI is InChI=1S/C13H11NO.H3O4P/c1-15-12-8-4-6-10-9-5-2-3-7-11(9)14-13(10)12;1-5(2,3)4/h2-8,14H,1H3;(H3,1,2,3,4). The summed E-state index contributed by atoms with van der Waals surface area (Å²) in [6.07, 6.45) is 0. The van der Waals surface area contributed by atoms with Crippen LogP contribution in [0.2, 0.25) is 0 Å². The molecule has 20 heavy (non-hydrogen) atoms. The maximum atomic E-state index is 8.88. The van der Waals surface area contributed by atoms with Crippen molar-refractivity contribution in [3.63, 3.8) is 0 Å². The molecular formula is C13H14NO5P. The van der Waals surface area contributed by atoms with Gasteiger partial charge in [0.15, 0.2) is 0 Å². The summed E-state index contributed by atoms with van der Waals surface area (Å²) in [5.41, 5.74) is 2.22. The normalized spacial score (nSPS) is 11.2. The highest BCUT2D eigenvalue weighted by Crippen LogP contribution is 2.30. The molecule has 7 heteroatoms. The average Bonchev–Trinajstić information content (AvgIpc) is 2.75. The number of aromatic nitrogens is 1. The third kappa shape index (κ3) is 3.37. The van der Waals surface area contributed by atoms with Gasteiger partial charge in [-0.3, -0.25) is 0 Å². The summed E-state index contributed by atoms with van der Waals surface area (Å²) in [4.78, 5) is 24.9. The van der Waals surface area contributed by atoms with Crippen molar-refractivity contribution in [1.29, 1.82) is 0 Å². The summed E-state index contributed by atoms with van der Waals surface area (Å²) in [5.74, 6) is 0.892. The first-order chi connectivity index (χ1) is 9.40. The van der Waals surface area contributed by atoms with Crippen molar-refractivity contribution < 1.29 is 24.0 Å². The van der Waals surface area contributed by atoms with Crippen LogP contribution in [0.15, 0.2) is 42.5 Å². The van der Waals surface area contributed by atoms with Crippen LogP contribution in [0.3, 0.4) is 0 Å². The molecule has 0 radical (unpaired) electrons. The lowest BCUT2D eigenvalue weighted by atomic mass is 10.1. The van der Waals surface area contributed by atoms with Crippen LogP contribution in [0.4, 0.5) is 0 Å². The molecule has 1 heterocycles. The number of H-pyrrole nitrogens is 1. The zero-order valence-electron chi connectivity index (χ0n) is 10.6. The first kappa shape index (κ1) is 14.6. The van der Waals surface area contributed by atoms with Gasteiger partial charge in [0.25, 0.3) is 0 Å². The Balaban J connectivity index is 0.000000257. The highest BCUT2D eigenvalue weighted by atomic mass is 31.2. The molecule has 6 nitrogen and oxygen atoms in total. The number of hydrogen-bond donors (Lipinski definition) is 4. The molecule has 0 aliphatic carbocycles. The molecule has 0 aliphatic rings. The zero-order valence-corrected chi connectivity index (χ0v) is 11.5. The second kappa shape index (κ2) is 5.64. The smallest absolute Gasteiger partial charge is 0.466 e. The van der Waals surface area contributed by atoms with Gasteiger partial charge < -0.3 is 24.4 Å². The molecular weight excluding hydrogens is 281 g/mol. The predicted octanol–water partition coefficient (Wildman–Crippen LogP) is 2.40. The van der Waals surface area contributed by atoms with Crippen molar-refractivity contribution >= 4 is 29.6 Å². The van der Waals surface area contributed by atoms with E-state index in [1.54, 1.807) is 7.11 Å². The van der Waals surface area contributed by atoms with Gasteiger partial charge in [0.1, 0.15) is 5.75 Å².